The van der Waals surface area contributed by atoms with Crippen LogP contribution in [0.3, 0.4) is 0 Å². The van der Waals surface area contributed by atoms with Gasteiger partial charge in [-0.3, -0.25) is 14.4 Å². The number of aryl methyl sites for hydroxylation is 1. The predicted octanol–water partition coefficient (Wildman–Crippen LogP) is 5.24. The lowest BCUT2D eigenvalue weighted by molar-refractivity contribution is -0.142. The van der Waals surface area contributed by atoms with E-state index in [4.69, 9.17) is 9.47 Å². The second-order valence-electron chi connectivity index (χ2n) is 8.00. The number of hydrogen-bond donors (Lipinski definition) is 0. The van der Waals surface area contributed by atoms with E-state index >= 15 is 4.39 Å². The van der Waals surface area contributed by atoms with Gasteiger partial charge in [0.15, 0.2) is 0 Å². The topological polar surface area (TPSA) is 72.9 Å². The highest BCUT2D eigenvalue weighted by atomic mass is 19.1. The van der Waals surface area contributed by atoms with Gasteiger partial charge in [0.25, 0.3) is 11.8 Å². The van der Waals surface area contributed by atoms with Gasteiger partial charge in [-0.1, -0.05) is 43.7 Å². The molecule has 1 aliphatic rings. The number of benzene rings is 3. The summed E-state index contributed by atoms with van der Waals surface area (Å²) in [7, 11) is 0. The molecule has 6 nitrogen and oxygen atoms in total. The van der Waals surface area contributed by atoms with Crippen molar-refractivity contribution in [2.75, 3.05) is 18.1 Å². The van der Waals surface area contributed by atoms with Gasteiger partial charge in [0.1, 0.15) is 11.6 Å². The van der Waals surface area contributed by atoms with Crippen molar-refractivity contribution in [3.05, 3.63) is 70.5 Å². The van der Waals surface area contributed by atoms with Crippen LogP contribution < -0.4 is 9.64 Å². The summed E-state index contributed by atoms with van der Waals surface area (Å²) in [6, 6.07) is 11.5. The van der Waals surface area contributed by atoms with E-state index in [1.54, 1.807) is 6.92 Å². The largest absolute Gasteiger partial charge is 0.492 e. The van der Waals surface area contributed by atoms with Gasteiger partial charge in [0.05, 0.1) is 36.4 Å². The third-order valence-electron chi connectivity index (χ3n) is 5.81. The van der Waals surface area contributed by atoms with E-state index in [2.05, 4.69) is 0 Å². The Hall–Kier alpha value is -3.74. The molecule has 176 valence electrons. The monoisotopic (exact) mass is 463 g/mol. The average molecular weight is 464 g/mol. The van der Waals surface area contributed by atoms with E-state index in [-0.39, 0.29) is 29.8 Å². The minimum absolute atomic E-state index is 0.103. The molecule has 0 radical (unpaired) electrons. The summed E-state index contributed by atoms with van der Waals surface area (Å²) in [5, 5.41) is 1.60. The van der Waals surface area contributed by atoms with Gasteiger partial charge in [0.2, 0.25) is 0 Å². The number of hydrogen-bond acceptors (Lipinski definition) is 5. The maximum Gasteiger partial charge on any atom is 0.310 e. The molecule has 0 saturated heterocycles. The minimum atomic E-state index is -0.768. The summed E-state index contributed by atoms with van der Waals surface area (Å²) in [4.78, 5) is 39.8. The minimum Gasteiger partial charge on any atom is -0.492 e. The molecule has 0 spiro atoms. The number of carbonyl (C=O) groups excluding carboxylic acids is 3. The third-order valence-corrected chi connectivity index (χ3v) is 5.81. The van der Waals surface area contributed by atoms with Gasteiger partial charge in [-0.2, -0.15) is 0 Å². The van der Waals surface area contributed by atoms with Crippen LogP contribution in [0.4, 0.5) is 10.1 Å². The summed E-state index contributed by atoms with van der Waals surface area (Å²) in [6.07, 6.45) is 1.25. The summed E-state index contributed by atoms with van der Waals surface area (Å²) >= 11 is 0. The Labute approximate surface area is 197 Å². The van der Waals surface area contributed by atoms with Crippen LogP contribution in [0.1, 0.15) is 59.0 Å². The number of fused-ring (bicyclic) bond motifs is 2. The van der Waals surface area contributed by atoms with Crippen LogP contribution in [-0.2, 0) is 22.4 Å². The van der Waals surface area contributed by atoms with Crippen LogP contribution in [0.2, 0.25) is 0 Å². The molecule has 4 rings (SSSR count). The van der Waals surface area contributed by atoms with E-state index in [0.717, 1.165) is 33.7 Å². The van der Waals surface area contributed by atoms with Crippen molar-refractivity contribution >= 4 is 34.2 Å². The Morgan fingerprint density at radius 3 is 2.29 bits per heavy atom. The van der Waals surface area contributed by atoms with Crippen molar-refractivity contribution in [1.29, 1.82) is 0 Å². The van der Waals surface area contributed by atoms with E-state index in [1.807, 2.05) is 38.1 Å². The molecule has 2 amide bonds. The normalized spacial score (nSPS) is 12.9. The first-order valence-electron chi connectivity index (χ1n) is 11.5. The molecule has 0 saturated carbocycles. The Morgan fingerprint density at radius 1 is 0.941 bits per heavy atom. The van der Waals surface area contributed by atoms with Crippen molar-refractivity contribution < 1.29 is 28.2 Å². The van der Waals surface area contributed by atoms with Crippen molar-refractivity contribution in [3.8, 4) is 5.75 Å². The smallest absolute Gasteiger partial charge is 0.310 e. The molecule has 7 heteroatoms. The third kappa shape index (κ3) is 3.91. The Morgan fingerprint density at radius 2 is 1.65 bits per heavy atom. The van der Waals surface area contributed by atoms with Crippen LogP contribution >= 0.6 is 0 Å². The molecule has 0 atom stereocenters. The summed E-state index contributed by atoms with van der Waals surface area (Å²) in [5.41, 5.74) is 1.43. The van der Waals surface area contributed by atoms with Crippen LogP contribution in [0.15, 0.2) is 42.5 Å². The van der Waals surface area contributed by atoms with Gasteiger partial charge in [0, 0.05) is 5.39 Å². The Balaban J connectivity index is 1.85. The van der Waals surface area contributed by atoms with Crippen LogP contribution in [-0.4, -0.2) is 31.0 Å². The molecule has 0 aromatic heterocycles. The molecule has 3 aromatic rings. The zero-order chi connectivity index (χ0) is 24.4. The first-order chi connectivity index (χ1) is 16.4. The fourth-order valence-electron chi connectivity index (χ4n) is 4.48. The molecule has 0 unspecified atom stereocenters. The zero-order valence-corrected chi connectivity index (χ0v) is 19.4. The molecule has 1 aliphatic heterocycles. The molecule has 0 aliphatic carbocycles. The lowest BCUT2D eigenvalue weighted by Crippen LogP contribution is -2.30. The molecule has 34 heavy (non-hydrogen) atoms. The van der Waals surface area contributed by atoms with E-state index in [1.165, 1.54) is 12.1 Å². The van der Waals surface area contributed by atoms with Crippen molar-refractivity contribution in [2.24, 2.45) is 0 Å². The van der Waals surface area contributed by atoms with Gasteiger partial charge < -0.3 is 9.47 Å². The fraction of sp³-hybridized carbons (Fsp3) is 0.296. The first kappa shape index (κ1) is 23.4. The molecule has 0 fully saturated rings. The molecule has 3 aromatic carbocycles. The SMILES string of the molecule is CCCc1c2c(c(OCC)c3ccccc13)C(=O)N(c1ccc(CC(=O)OCC)cc1F)C2=O. The molecular formula is C27H26FNO5. The lowest BCUT2D eigenvalue weighted by atomic mass is 9.91. The highest BCUT2D eigenvalue weighted by Gasteiger charge is 2.43. The fourth-order valence-corrected chi connectivity index (χ4v) is 4.48. The quantitative estimate of drug-likeness (QED) is 0.338. The van der Waals surface area contributed by atoms with Crippen LogP contribution in [0.5, 0.6) is 5.75 Å². The zero-order valence-electron chi connectivity index (χ0n) is 19.4. The maximum absolute atomic E-state index is 15.2. The van der Waals surface area contributed by atoms with Crippen molar-refractivity contribution in [2.45, 2.75) is 40.0 Å². The maximum atomic E-state index is 15.2. The molecule has 0 N–H and O–H groups in total. The highest BCUT2D eigenvalue weighted by molar-refractivity contribution is 6.37. The second kappa shape index (κ2) is 9.63. The van der Waals surface area contributed by atoms with E-state index < -0.39 is 23.6 Å². The number of ether oxygens (including phenoxy) is 2. The second-order valence-corrected chi connectivity index (χ2v) is 8.00. The lowest BCUT2D eigenvalue weighted by Gasteiger charge is -2.16. The number of esters is 1. The molecule has 0 bridgehead atoms. The Bertz CT molecular complexity index is 1240. The summed E-state index contributed by atoms with van der Waals surface area (Å²) < 4.78 is 25.9. The van der Waals surface area contributed by atoms with Crippen molar-refractivity contribution in [1.82, 2.24) is 0 Å². The summed E-state index contributed by atoms with van der Waals surface area (Å²) in [6.45, 7) is 6.03. The van der Waals surface area contributed by atoms with E-state index in [9.17, 15) is 14.4 Å². The number of halogens is 1. The molecule has 1 heterocycles. The van der Waals surface area contributed by atoms with Crippen LogP contribution in [0.25, 0.3) is 10.8 Å². The standard InChI is InChI=1S/C27H26FNO5/c1-4-9-18-17-10-7-8-11-19(17)25(34-6-3)24-23(18)26(31)29(27(24)32)21-13-12-16(14-20(21)28)15-22(30)33-5-2/h7-8,10-14H,4-6,9,15H2,1-3H3. The number of carbonyl (C=O) groups is 3. The van der Waals surface area contributed by atoms with Gasteiger partial charge in [-0.15, -0.1) is 0 Å². The van der Waals surface area contributed by atoms with Gasteiger partial charge in [-0.25, -0.2) is 9.29 Å². The highest BCUT2D eigenvalue weighted by Crippen LogP contribution is 2.43. The van der Waals surface area contributed by atoms with Gasteiger partial charge >= 0.3 is 5.97 Å². The first-order valence-corrected chi connectivity index (χ1v) is 11.5. The van der Waals surface area contributed by atoms with E-state index in [0.29, 0.717) is 24.3 Å². The van der Waals surface area contributed by atoms with Gasteiger partial charge in [-0.05, 0) is 48.9 Å². The number of imide groups is 1. The predicted molar refractivity (Wildman–Crippen MR) is 127 cm³/mol. The number of rotatable bonds is 8. The Kier molecular flexibility index (Phi) is 6.63. The average Bonchev–Trinajstić information content (AvgIpc) is 3.06. The number of nitrogens with zero attached hydrogens (tertiary/aromatic N) is 1. The number of anilines is 1. The summed E-state index contributed by atoms with van der Waals surface area (Å²) in [5.74, 6) is -2.10. The molecular weight excluding hydrogens is 437 g/mol. The van der Waals surface area contributed by atoms with Crippen LogP contribution in [0, 0.1) is 5.82 Å². The number of amides is 2. The van der Waals surface area contributed by atoms with Crippen molar-refractivity contribution in [3.63, 3.8) is 0 Å².